The molecule has 0 radical (unpaired) electrons. The van der Waals surface area contributed by atoms with Gasteiger partial charge >= 0.3 is 0 Å². The fourth-order valence-electron chi connectivity index (χ4n) is 3.99. The minimum atomic E-state index is -3.70. The van der Waals surface area contributed by atoms with Crippen LogP contribution in [0.5, 0.6) is 0 Å². The number of amides is 1. The van der Waals surface area contributed by atoms with Crippen LogP contribution >= 0.6 is 0 Å². The Labute approximate surface area is 194 Å². The van der Waals surface area contributed by atoms with Crippen LogP contribution in [0, 0.1) is 0 Å². The van der Waals surface area contributed by atoms with Crippen LogP contribution < -0.4 is 4.72 Å². The summed E-state index contributed by atoms with van der Waals surface area (Å²) in [6, 6.07) is 16.4. The number of aromatic nitrogens is 1. The van der Waals surface area contributed by atoms with Gasteiger partial charge in [0.05, 0.1) is 17.0 Å². The summed E-state index contributed by atoms with van der Waals surface area (Å²) in [4.78, 5) is 21.7. The van der Waals surface area contributed by atoms with E-state index < -0.39 is 10.0 Å². The number of fused-ring (bicyclic) bond motifs is 1. The highest BCUT2D eigenvalue weighted by Crippen LogP contribution is 2.19. The van der Waals surface area contributed by atoms with Crippen molar-refractivity contribution in [2.45, 2.75) is 11.4 Å². The molecular weight excluding hydrogens is 440 g/mol. The van der Waals surface area contributed by atoms with Gasteiger partial charge in [-0.25, -0.2) is 13.1 Å². The van der Waals surface area contributed by atoms with Crippen LogP contribution in [0.15, 0.2) is 65.7 Å². The molecule has 1 aliphatic rings. The summed E-state index contributed by atoms with van der Waals surface area (Å²) < 4.78 is 32.3. The molecule has 0 unspecified atom stereocenters. The monoisotopic (exact) mass is 468 g/mol. The molecule has 9 heteroatoms. The molecule has 0 saturated carbocycles. The molecule has 1 N–H and O–H groups in total. The summed E-state index contributed by atoms with van der Waals surface area (Å²) in [5.41, 5.74) is 2.55. The molecule has 0 spiro atoms. The summed E-state index contributed by atoms with van der Waals surface area (Å²) in [5.74, 6) is -0.157. The lowest BCUT2D eigenvalue weighted by Gasteiger charge is -2.35. The predicted octanol–water partition coefficient (Wildman–Crippen LogP) is 2.12. The van der Waals surface area contributed by atoms with Gasteiger partial charge in [0.25, 0.3) is 5.91 Å². The molecular formula is C24H28N4O4S. The molecule has 174 valence electrons. The zero-order valence-electron chi connectivity index (χ0n) is 18.6. The van der Waals surface area contributed by atoms with Crippen molar-refractivity contribution in [2.75, 3.05) is 46.4 Å². The highest BCUT2D eigenvalue weighted by atomic mass is 32.2. The van der Waals surface area contributed by atoms with Crippen molar-refractivity contribution in [3.63, 3.8) is 0 Å². The first kappa shape index (κ1) is 23.3. The van der Waals surface area contributed by atoms with Crippen molar-refractivity contribution in [1.29, 1.82) is 0 Å². The van der Waals surface area contributed by atoms with E-state index in [1.54, 1.807) is 17.0 Å². The van der Waals surface area contributed by atoms with E-state index in [4.69, 9.17) is 4.74 Å². The van der Waals surface area contributed by atoms with Gasteiger partial charge in [-0.05, 0) is 29.8 Å². The summed E-state index contributed by atoms with van der Waals surface area (Å²) in [7, 11) is -2.19. The molecule has 4 rings (SSSR count). The molecule has 33 heavy (non-hydrogen) atoms. The van der Waals surface area contributed by atoms with Gasteiger partial charge in [0, 0.05) is 63.5 Å². The first-order chi connectivity index (χ1) is 16.0. The number of pyridine rings is 1. The van der Waals surface area contributed by atoms with Gasteiger partial charge < -0.3 is 9.64 Å². The third kappa shape index (κ3) is 5.56. The van der Waals surface area contributed by atoms with Gasteiger partial charge in [0.2, 0.25) is 10.0 Å². The van der Waals surface area contributed by atoms with Crippen LogP contribution in [0.3, 0.4) is 0 Å². The van der Waals surface area contributed by atoms with E-state index in [9.17, 15) is 13.2 Å². The summed E-state index contributed by atoms with van der Waals surface area (Å²) >= 11 is 0. The van der Waals surface area contributed by atoms with Crippen LogP contribution in [-0.4, -0.2) is 75.5 Å². The highest BCUT2D eigenvalue weighted by Gasteiger charge is 2.24. The number of carbonyl (C=O) groups is 1. The Hall–Kier alpha value is -2.85. The number of hydrogen-bond donors (Lipinski definition) is 1. The van der Waals surface area contributed by atoms with Crippen molar-refractivity contribution in [3.8, 4) is 0 Å². The standard InChI is InChI=1S/C24H28N4O4S/c1-32-16-11-26-33(30,31)22-9-3-6-20(17-22)24(29)28-14-12-27(13-15-28)18-21-7-2-5-19-8-4-10-25-23(19)21/h2-10,17,26H,11-16,18H2,1H3. The third-order valence-electron chi connectivity index (χ3n) is 5.76. The number of rotatable bonds is 8. The largest absolute Gasteiger partial charge is 0.383 e. The molecule has 2 heterocycles. The van der Waals surface area contributed by atoms with Crippen LogP contribution in [0.1, 0.15) is 15.9 Å². The number of methoxy groups -OCH3 is 1. The van der Waals surface area contributed by atoms with Crippen molar-refractivity contribution in [2.24, 2.45) is 0 Å². The molecule has 0 aliphatic carbocycles. The minimum Gasteiger partial charge on any atom is -0.383 e. The summed E-state index contributed by atoms with van der Waals surface area (Å²) in [6.45, 7) is 3.87. The third-order valence-corrected chi connectivity index (χ3v) is 7.22. The lowest BCUT2D eigenvalue weighted by molar-refractivity contribution is 0.0628. The number of nitrogens with one attached hydrogen (secondary N) is 1. The number of piperazine rings is 1. The number of ether oxygens (including phenoxy) is 1. The van der Waals surface area contributed by atoms with Crippen LogP contribution in [0.2, 0.25) is 0 Å². The first-order valence-electron chi connectivity index (χ1n) is 10.9. The molecule has 0 atom stereocenters. The van der Waals surface area contributed by atoms with Gasteiger partial charge in [-0.1, -0.05) is 30.3 Å². The van der Waals surface area contributed by atoms with Gasteiger partial charge in [-0.2, -0.15) is 0 Å². The Morgan fingerprint density at radius 3 is 2.61 bits per heavy atom. The van der Waals surface area contributed by atoms with Gasteiger partial charge in [0.15, 0.2) is 0 Å². The predicted molar refractivity (Wildman–Crippen MR) is 126 cm³/mol. The number of carbonyl (C=O) groups excluding carboxylic acids is 1. The Balaban J connectivity index is 1.38. The number of para-hydroxylation sites is 1. The van der Waals surface area contributed by atoms with E-state index in [2.05, 4.69) is 32.8 Å². The Kier molecular flexibility index (Phi) is 7.34. The van der Waals surface area contributed by atoms with Crippen LogP contribution in [0.25, 0.3) is 10.9 Å². The number of hydrogen-bond acceptors (Lipinski definition) is 6. The second-order valence-electron chi connectivity index (χ2n) is 7.98. The Bertz CT molecular complexity index is 1220. The highest BCUT2D eigenvalue weighted by molar-refractivity contribution is 7.89. The van der Waals surface area contributed by atoms with Crippen LogP contribution in [-0.2, 0) is 21.3 Å². The summed E-state index contributed by atoms with van der Waals surface area (Å²) in [6.07, 6.45) is 1.81. The quantitative estimate of drug-likeness (QED) is 0.509. The van der Waals surface area contributed by atoms with Gasteiger partial charge in [-0.3, -0.25) is 14.7 Å². The molecule has 1 saturated heterocycles. The average Bonchev–Trinajstić information content (AvgIpc) is 2.84. The molecule has 1 fully saturated rings. The normalized spacial score (nSPS) is 15.1. The van der Waals surface area contributed by atoms with Crippen molar-refractivity contribution < 1.29 is 17.9 Å². The molecule has 2 aromatic carbocycles. The average molecular weight is 469 g/mol. The molecule has 0 bridgehead atoms. The first-order valence-corrected chi connectivity index (χ1v) is 12.4. The Morgan fingerprint density at radius 1 is 1.06 bits per heavy atom. The summed E-state index contributed by atoms with van der Waals surface area (Å²) in [5, 5.41) is 1.12. The lowest BCUT2D eigenvalue weighted by Crippen LogP contribution is -2.48. The zero-order chi connectivity index (χ0) is 23.3. The number of nitrogens with zero attached hydrogens (tertiary/aromatic N) is 3. The second kappa shape index (κ2) is 10.4. The lowest BCUT2D eigenvalue weighted by atomic mass is 10.1. The second-order valence-corrected chi connectivity index (χ2v) is 9.75. The molecule has 1 aliphatic heterocycles. The molecule has 3 aromatic rings. The number of benzene rings is 2. The fraction of sp³-hybridized carbons (Fsp3) is 0.333. The minimum absolute atomic E-state index is 0.0755. The van der Waals surface area contributed by atoms with E-state index >= 15 is 0 Å². The molecule has 1 aromatic heterocycles. The fourth-order valence-corrected chi connectivity index (χ4v) is 5.04. The maximum absolute atomic E-state index is 13.0. The Morgan fingerprint density at radius 2 is 1.82 bits per heavy atom. The van der Waals surface area contributed by atoms with Crippen molar-refractivity contribution >= 4 is 26.8 Å². The topological polar surface area (TPSA) is 91.8 Å². The van der Waals surface area contributed by atoms with E-state index in [1.165, 1.54) is 24.8 Å². The maximum atomic E-state index is 13.0. The van der Waals surface area contributed by atoms with E-state index in [1.807, 2.05) is 18.3 Å². The van der Waals surface area contributed by atoms with Gasteiger partial charge in [-0.15, -0.1) is 0 Å². The van der Waals surface area contributed by atoms with Crippen LogP contribution in [0.4, 0.5) is 0 Å². The van der Waals surface area contributed by atoms with Gasteiger partial charge in [0.1, 0.15) is 0 Å². The van der Waals surface area contributed by atoms with E-state index in [0.29, 0.717) is 18.7 Å². The zero-order valence-corrected chi connectivity index (χ0v) is 19.4. The van der Waals surface area contributed by atoms with Crippen molar-refractivity contribution in [3.05, 3.63) is 71.9 Å². The maximum Gasteiger partial charge on any atom is 0.253 e. The molecule has 8 nitrogen and oxygen atoms in total. The molecule has 1 amide bonds. The SMILES string of the molecule is COCCNS(=O)(=O)c1cccc(C(=O)N2CCN(Cc3cccc4cccnc34)CC2)c1. The van der Waals surface area contributed by atoms with E-state index in [0.717, 1.165) is 30.5 Å². The van der Waals surface area contributed by atoms with E-state index in [-0.39, 0.29) is 24.0 Å². The van der Waals surface area contributed by atoms with Crippen molar-refractivity contribution in [1.82, 2.24) is 19.5 Å². The smallest absolute Gasteiger partial charge is 0.253 e. The number of sulfonamides is 1.